The zero-order chi connectivity index (χ0) is 17.5. The van der Waals surface area contributed by atoms with E-state index in [2.05, 4.69) is 4.74 Å². The van der Waals surface area contributed by atoms with Crippen LogP contribution in [0.25, 0.3) is 0 Å². The van der Waals surface area contributed by atoms with Crippen molar-refractivity contribution in [2.45, 2.75) is 13.0 Å². The number of benzene rings is 2. The van der Waals surface area contributed by atoms with E-state index in [0.29, 0.717) is 5.02 Å². The quantitative estimate of drug-likeness (QED) is 0.747. The second-order valence-electron chi connectivity index (χ2n) is 5.19. The molecule has 0 saturated carbocycles. The lowest BCUT2D eigenvalue weighted by Gasteiger charge is -2.22. The normalized spacial score (nSPS) is 10.3. The van der Waals surface area contributed by atoms with Gasteiger partial charge in [-0.2, -0.15) is 0 Å². The van der Waals surface area contributed by atoms with E-state index in [1.165, 1.54) is 30.2 Å². The Kier molecular flexibility index (Phi) is 6.32. The van der Waals surface area contributed by atoms with Gasteiger partial charge in [-0.1, -0.05) is 29.8 Å². The molecule has 0 atom stereocenters. The van der Waals surface area contributed by atoms with Crippen LogP contribution >= 0.6 is 11.6 Å². The first-order valence-electron chi connectivity index (χ1n) is 7.35. The third-order valence-corrected chi connectivity index (χ3v) is 3.71. The minimum Gasteiger partial charge on any atom is -0.469 e. The number of rotatable bonds is 6. The average Bonchev–Trinajstić information content (AvgIpc) is 2.59. The van der Waals surface area contributed by atoms with Gasteiger partial charge in [0.05, 0.1) is 13.5 Å². The fourth-order valence-corrected chi connectivity index (χ4v) is 2.32. The van der Waals surface area contributed by atoms with E-state index < -0.39 is 11.8 Å². The molecule has 0 radical (unpaired) electrons. The standard InChI is InChI=1S/C18H17ClFNO3/c1-24-17(22)9-10-21(12-13-5-7-15(19)8-6-13)18(23)14-3-2-4-16(20)11-14/h2-8,11H,9-10,12H2,1H3. The molecular formula is C18H17ClFNO3. The van der Waals surface area contributed by atoms with Crippen LogP contribution in [0.4, 0.5) is 4.39 Å². The van der Waals surface area contributed by atoms with Crippen molar-refractivity contribution in [1.82, 2.24) is 4.90 Å². The molecule has 24 heavy (non-hydrogen) atoms. The van der Waals surface area contributed by atoms with Crippen molar-refractivity contribution in [3.05, 3.63) is 70.5 Å². The Labute approximate surface area is 144 Å². The van der Waals surface area contributed by atoms with Crippen molar-refractivity contribution < 1.29 is 18.7 Å². The highest BCUT2D eigenvalue weighted by Crippen LogP contribution is 2.15. The monoisotopic (exact) mass is 349 g/mol. The van der Waals surface area contributed by atoms with E-state index in [1.54, 1.807) is 30.3 Å². The summed E-state index contributed by atoms with van der Waals surface area (Å²) in [5.41, 5.74) is 1.09. The molecule has 126 valence electrons. The van der Waals surface area contributed by atoms with Crippen LogP contribution in [0.1, 0.15) is 22.3 Å². The van der Waals surface area contributed by atoms with Gasteiger partial charge in [0.2, 0.25) is 0 Å². The summed E-state index contributed by atoms with van der Waals surface area (Å²) in [7, 11) is 1.29. The Morgan fingerprint density at radius 2 is 1.88 bits per heavy atom. The third-order valence-electron chi connectivity index (χ3n) is 3.46. The lowest BCUT2D eigenvalue weighted by molar-refractivity contribution is -0.140. The first-order chi connectivity index (χ1) is 11.5. The Balaban J connectivity index is 2.19. The number of carbonyl (C=O) groups is 2. The molecule has 2 aromatic rings. The van der Waals surface area contributed by atoms with Crippen molar-refractivity contribution in [1.29, 1.82) is 0 Å². The van der Waals surface area contributed by atoms with Crippen LogP contribution in [0.5, 0.6) is 0 Å². The molecular weight excluding hydrogens is 333 g/mol. The Hall–Kier alpha value is -2.40. The molecule has 4 nitrogen and oxygen atoms in total. The second kappa shape index (κ2) is 8.45. The number of nitrogens with zero attached hydrogens (tertiary/aromatic N) is 1. The molecule has 0 fully saturated rings. The summed E-state index contributed by atoms with van der Waals surface area (Å²) in [5.74, 6) is -1.25. The smallest absolute Gasteiger partial charge is 0.307 e. The van der Waals surface area contributed by atoms with E-state index >= 15 is 0 Å². The first kappa shape index (κ1) is 17.9. The summed E-state index contributed by atoms with van der Waals surface area (Å²) >= 11 is 5.86. The largest absolute Gasteiger partial charge is 0.469 e. The van der Waals surface area contributed by atoms with Crippen molar-refractivity contribution in [2.75, 3.05) is 13.7 Å². The fourth-order valence-electron chi connectivity index (χ4n) is 2.20. The van der Waals surface area contributed by atoms with Crippen LogP contribution < -0.4 is 0 Å². The van der Waals surface area contributed by atoms with Gasteiger partial charge in [-0.15, -0.1) is 0 Å². The molecule has 0 unspecified atom stereocenters. The van der Waals surface area contributed by atoms with Crippen LogP contribution in [-0.2, 0) is 16.1 Å². The molecule has 0 bridgehead atoms. The van der Waals surface area contributed by atoms with Crippen LogP contribution in [0.2, 0.25) is 5.02 Å². The van der Waals surface area contributed by atoms with E-state index in [1.807, 2.05) is 0 Å². The second-order valence-corrected chi connectivity index (χ2v) is 5.63. The molecule has 1 amide bonds. The van der Waals surface area contributed by atoms with Crippen LogP contribution in [0, 0.1) is 5.82 Å². The summed E-state index contributed by atoms with van der Waals surface area (Å²) in [4.78, 5) is 25.5. The molecule has 0 spiro atoms. The summed E-state index contributed by atoms with van der Waals surface area (Å²) in [6.07, 6.45) is 0.0607. The predicted molar refractivity (Wildman–Crippen MR) is 89.2 cm³/mol. The molecule has 0 heterocycles. The maximum atomic E-state index is 13.4. The number of hydrogen-bond acceptors (Lipinski definition) is 3. The molecule has 2 rings (SSSR count). The number of methoxy groups -OCH3 is 1. The molecule has 0 N–H and O–H groups in total. The summed E-state index contributed by atoms with van der Waals surface area (Å²) in [6, 6.07) is 12.5. The minimum atomic E-state index is -0.486. The van der Waals surface area contributed by atoms with Gasteiger partial charge in [0, 0.05) is 23.7 Å². The zero-order valence-corrected chi connectivity index (χ0v) is 13.9. The summed E-state index contributed by atoms with van der Waals surface area (Å²) in [6.45, 7) is 0.453. The van der Waals surface area contributed by atoms with E-state index in [-0.39, 0.29) is 31.0 Å². The Morgan fingerprint density at radius 1 is 1.17 bits per heavy atom. The molecule has 6 heteroatoms. The predicted octanol–water partition coefficient (Wildman–Crippen LogP) is 3.68. The fraction of sp³-hybridized carbons (Fsp3) is 0.222. The van der Waals surface area contributed by atoms with Crippen LogP contribution in [0.3, 0.4) is 0 Å². The van der Waals surface area contributed by atoms with Crippen molar-refractivity contribution in [3.8, 4) is 0 Å². The van der Waals surface area contributed by atoms with Crippen LogP contribution in [-0.4, -0.2) is 30.4 Å². The number of amides is 1. The maximum Gasteiger partial charge on any atom is 0.307 e. The van der Waals surface area contributed by atoms with E-state index in [4.69, 9.17) is 11.6 Å². The minimum absolute atomic E-state index is 0.0607. The Morgan fingerprint density at radius 3 is 2.50 bits per heavy atom. The lowest BCUT2D eigenvalue weighted by atomic mass is 10.1. The number of hydrogen-bond donors (Lipinski definition) is 0. The van der Waals surface area contributed by atoms with E-state index in [0.717, 1.165) is 5.56 Å². The summed E-state index contributed by atoms with van der Waals surface area (Å²) < 4.78 is 18.0. The average molecular weight is 350 g/mol. The Bertz CT molecular complexity index is 718. The lowest BCUT2D eigenvalue weighted by Crippen LogP contribution is -2.32. The van der Waals surface area contributed by atoms with Gasteiger partial charge in [0.15, 0.2) is 0 Å². The van der Waals surface area contributed by atoms with Gasteiger partial charge < -0.3 is 9.64 Å². The van der Waals surface area contributed by atoms with Crippen LogP contribution in [0.15, 0.2) is 48.5 Å². The maximum absolute atomic E-state index is 13.4. The van der Waals surface area contributed by atoms with Gasteiger partial charge >= 0.3 is 5.97 Å². The van der Waals surface area contributed by atoms with Gasteiger partial charge in [-0.25, -0.2) is 4.39 Å². The van der Waals surface area contributed by atoms with Gasteiger partial charge in [-0.05, 0) is 35.9 Å². The van der Waals surface area contributed by atoms with Gasteiger partial charge in [0.25, 0.3) is 5.91 Å². The molecule has 0 aromatic heterocycles. The molecule has 2 aromatic carbocycles. The summed E-state index contributed by atoms with van der Waals surface area (Å²) in [5, 5.41) is 0.594. The van der Waals surface area contributed by atoms with E-state index in [9.17, 15) is 14.0 Å². The number of ether oxygens (including phenoxy) is 1. The molecule has 0 aliphatic rings. The van der Waals surface area contributed by atoms with Crippen molar-refractivity contribution in [3.63, 3.8) is 0 Å². The number of esters is 1. The molecule has 0 aliphatic carbocycles. The van der Waals surface area contributed by atoms with Crippen molar-refractivity contribution >= 4 is 23.5 Å². The highest BCUT2D eigenvalue weighted by molar-refractivity contribution is 6.30. The number of carbonyl (C=O) groups excluding carboxylic acids is 2. The highest BCUT2D eigenvalue weighted by Gasteiger charge is 2.18. The van der Waals surface area contributed by atoms with Gasteiger partial charge in [-0.3, -0.25) is 9.59 Å². The SMILES string of the molecule is COC(=O)CCN(Cc1ccc(Cl)cc1)C(=O)c1cccc(F)c1. The van der Waals surface area contributed by atoms with Gasteiger partial charge in [0.1, 0.15) is 5.82 Å². The number of halogens is 2. The molecule has 0 aliphatic heterocycles. The third kappa shape index (κ3) is 5.06. The highest BCUT2D eigenvalue weighted by atomic mass is 35.5. The zero-order valence-electron chi connectivity index (χ0n) is 13.2. The topological polar surface area (TPSA) is 46.6 Å². The first-order valence-corrected chi connectivity index (χ1v) is 7.73. The van der Waals surface area contributed by atoms with Crippen molar-refractivity contribution in [2.24, 2.45) is 0 Å². The molecule has 0 saturated heterocycles.